The van der Waals surface area contributed by atoms with E-state index in [-0.39, 0.29) is 11.8 Å². The van der Waals surface area contributed by atoms with Gasteiger partial charge in [0.15, 0.2) is 0 Å². The average molecular weight is 263 g/mol. The molecule has 2 N–H and O–H groups in total. The Kier molecular flexibility index (Phi) is 4.53. The molecule has 19 heavy (non-hydrogen) atoms. The smallest absolute Gasteiger partial charge is 0.269 e. The van der Waals surface area contributed by atoms with Gasteiger partial charge in [0.1, 0.15) is 0 Å². The number of hydrogen-bond donors (Lipinski definition) is 2. The van der Waals surface area contributed by atoms with Gasteiger partial charge in [0.05, 0.1) is 0 Å². The molecule has 104 valence electrons. The number of anilines is 1. The zero-order valence-electron chi connectivity index (χ0n) is 12.1. The van der Waals surface area contributed by atoms with Crippen LogP contribution in [-0.2, 0) is 4.79 Å². The van der Waals surface area contributed by atoms with E-state index in [1.807, 2.05) is 25.1 Å². The number of benzene rings is 1. The van der Waals surface area contributed by atoms with Gasteiger partial charge < -0.3 is 4.90 Å². The topological polar surface area (TPSA) is 61.4 Å². The maximum Gasteiger partial charge on any atom is 0.269 e. The summed E-state index contributed by atoms with van der Waals surface area (Å²) >= 11 is 0. The van der Waals surface area contributed by atoms with E-state index >= 15 is 0 Å². The first-order valence-electron chi connectivity index (χ1n) is 6.10. The Morgan fingerprint density at radius 3 is 2.26 bits per heavy atom. The second kappa shape index (κ2) is 5.73. The molecular formula is C14H21N3O2. The van der Waals surface area contributed by atoms with Crippen molar-refractivity contribution in [3.8, 4) is 0 Å². The van der Waals surface area contributed by atoms with Crippen LogP contribution in [0.5, 0.6) is 0 Å². The molecule has 1 rings (SSSR count). The Balaban J connectivity index is 2.69. The third-order valence-corrected chi connectivity index (χ3v) is 2.60. The first-order chi connectivity index (χ1) is 8.71. The SMILES string of the molecule is CN(C)c1cccc(C(=O)NNC(=O)C(C)(C)C)c1. The summed E-state index contributed by atoms with van der Waals surface area (Å²) in [6.07, 6.45) is 0. The van der Waals surface area contributed by atoms with E-state index in [2.05, 4.69) is 10.9 Å². The third-order valence-electron chi connectivity index (χ3n) is 2.60. The molecule has 0 radical (unpaired) electrons. The van der Waals surface area contributed by atoms with Crippen molar-refractivity contribution in [3.63, 3.8) is 0 Å². The fraction of sp³-hybridized carbons (Fsp3) is 0.429. The Morgan fingerprint density at radius 1 is 1.11 bits per heavy atom. The van der Waals surface area contributed by atoms with Crippen molar-refractivity contribution in [1.29, 1.82) is 0 Å². The zero-order valence-corrected chi connectivity index (χ0v) is 12.1. The van der Waals surface area contributed by atoms with Crippen molar-refractivity contribution < 1.29 is 9.59 Å². The third kappa shape index (κ3) is 4.28. The normalized spacial score (nSPS) is 10.8. The molecule has 0 aliphatic heterocycles. The van der Waals surface area contributed by atoms with Gasteiger partial charge in [-0.3, -0.25) is 20.4 Å². The summed E-state index contributed by atoms with van der Waals surface area (Å²) in [5.41, 5.74) is 5.72. The molecule has 0 aliphatic rings. The number of hydrazine groups is 1. The van der Waals surface area contributed by atoms with Gasteiger partial charge in [-0.25, -0.2) is 0 Å². The quantitative estimate of drug-likeness (QED) is 0.796. The summed E-state index contributed by atoms with van der Waals surface area (Å²) in [5, 5.41) is 0. The maximum absolute atomic E-state index is 11.9. The summed E-state index contributed by atoms with van der Waals surface area (Å²) in [5.74, 6) is -0.564. The molecule has 0 bridgehead atoms. The van der Waals surface area contributed by atoms with Gasteiger partial charge in [-0.2, -0.15) is 0 Å². The van der Waals surface area contributed by atoms with Crippen LogP contribution in [0, 0.1) is 5.41 Å². The molecule has 2 amide bonds. The van der Waals surface area contributed by atoms with E-state index in [1.54, 1.807) is 39.0 Å². The Morgan fingerprint density at radius 2 is 1.74 bits per heavy atom. The molecule has 0 atom stereocenters. The molecule has 1 aromatic rings. The summed E-state index contributed by atoms with van der Waals surface area (Å²) < 4.78 is 0. The van der Waals surface area contributed by atoms with Crippen LogP contribution < -0.4 is 15.8 Å². The number of carbonyl (C=O) groups is 2. The van der Waals surface area contributed by atoms with E-state index in [9.17, 15) is 9.59 Å². The standard InChI is InChI=1S/C14H21N3O2/c1-14(2,3)13(19)16-15-12(18)10-7-6-8-11(9-10)17(4)5/h6-9H,1-5H3,(H,15,18)(H,16,19). The van der Waals surface area contributed by atoms with Gasteiger partial charge in [-0.15, -0.1) is 0 Å². The number of amides is 2. The summed E-state index contributed by atoms with van der Waals surface area (Å²) in [7, 11) is 3.80. The average Bonchev–Trinajstić information content (AvgIpc) is 2.34. The second-order valence-corrected chi connectivity index (χ2v) is 5.60. The molecule has 0 saturated carbocycles. The Hall–Kier alpha value is -2.04. The van der Waals surface area contributed by atoms with Gasteiger partial charge in [0.2, 0.25) is 5.91 Å². The zero-order chi connectivity index (χ0) is 14.6. The molecule has 0 aliphatic carbocycles. The van der Waals surface area contributed by atoms with E-state index < -0.39 is 5.41 Å². The van der Waals surface area contributed by atoms with Crippen molar-refractivity contribution in [2.75, 3.05) is 19.0 Å². The lowest BCUT2D eigenvalue weighted by molar-refractivity contribution is -0.129. The van der Waals surface area contributed by atoms with Crippen molar-refractivity contribution in [1.82, 2.24) is 10.9 Å². The molecule has 1 aromatic carbocycles. The summed E-state index contributed by atoms with van der Waals surface area (Å²) in [4.78, 5) is 25.5. The summed E-state index contributed by atoms with van der Waals surface area (Å²) in [6, 6.07) is 7.17. The Labute approximate surface area is 114 Å². The Bertz CT molecular complexity index is 476. The lowest BCUT2D eigenvalue weighted by Crippen LogP contribution is -2.46. The highest BCUT2D eigenvalue weighted by Crippen LogP contribution is 2.14. The van der Waals surface area contributed by atoms with E-state index in [0.29, 0.717) is 5.56 Å². The fourth-order valence-corrected chi connectivity index (χ4v) is 1.30. The minimum atomic E-state index is -0.543. The first kappa shape index (κ1) is 15.0. The monoisotopic (exact) mass is 263 g/mol. The molecule has 0 spiro atoms. The van der Waals surface area contributed by atoms with Crippen LogP contribution >= 0.6 is 0 Å². The molecule has 5 nitrogen and oxygen atoms in total. The second-order valence-electron chi connectivity index (χ2n) is 5.60. The number of rotatable bonds is 2. The maximum atomic E-state index is 11.9. The lowest BCUT2D eigenvalue weighted by atomic mass is 9.96. The van der Waals surface area contributed by atoms with Crippen LogP contribution in [0.25, 0.3) is 0 Å². The van der Waals surface area contributed by atoms with Gasteiger partial charge in [-0.1, -0.05) is 26.8 Å². The van der Waals surface area contributed by atoms with E-state index in [4.69, 9.17) is 0 Å². The minimum Gasteiger partial charge on any atom is -0.378 e. The molecular weight excluding hydrogens is 242 g/mol. The predicted octanol–water partition coefficient (Wildman–Crippen LogP) is 1.56. The molecule has 0 unspecified atom stereocenters. The van der Waals surface area contributed by atoms with Crippen molar-refractivity contribution in [2.24, 2.45) is 5.41 Å². The van der Waals surface area contributed by atoms with Gasteiger partial charge in [0, 0.05) is 30.8 Å². The molecule has 5 heteroatoms. The van der Waals surface area contributed by atoms with E-state index in [1.165, 1.54) is 0 Å². The van der Waals surface area contributed by atoms with Gasteiger partial charge >= 0.3 is 0 Å². The minimum absolute atomic E-state index is 0.232. The van der Waals surface area contributed by atoms with Crippen LogP contribution in [0.2, 0.25) is 0 Å². The van der Waals surface area contributed by atoms with Crippen LogP contribution in [0.4, 0.5) is 5.69 Å². The van der Waals surface area contributed by atoms with Crippen LogP contribution in [0.3, 0.4) is 0 Å². The van der Waals surface area contributed by atoms with Gasteiger partial charge in [-0.05, 0) is 18.2 Å². The lowest BCUT2D eigenvalue weighted by Gasteiger charge is -2.18. The number of nitrogens with zero attached hydrogens (tertiary/aromatic N) is 1. The highest BCUT2D eigenvalue weighted by Gasteiger charge is 2.21. The van der Waals surface area contributed by atoms with Crippen molar-refractivity contribution >= 4 is 17.5 Å². The van der Waals surface area contributed by atoms with Crippen LogP contribution in [0.15, 0.2) is 24.3 Å². The number of nitrogens with one attached hydrogen (secondary N) is 2. The van der Waals surface area contributed by atoms with Gasteiger partial charge in [0.25, 0.3) is 5.91 Å². The summed E-state index contributed by atoms with van der Waals surface area (Å²) in [6.45, 7) is 5.34. The van der Waals surface area contributed by atoms with Crippen molar-refractivity contribution in [3.05, 3.63) is 29.8 Å². The molecule has 0 fully saturated rings. The fourth-order valence-electron chi connectivity index (χ4n) is 1.30. The van der Waals surface area contributed by atoms with E-state index in [0.717, 1.165) is 5.69 Å². The van der Waals surface area contributed by atoms with Crippen LogP contribution in [0.1, 0.15) is 31.1 Å². The highest BCUT2D eigenvalue weighted by atomic mass is 16.2. The van der Waals surface area contributed by atoms with Crippen LogP contribution in [-0.4, -0.2) is 25.9 Å². The number of carbonyl (C=O) groups excluding carboxylic acids is 2. The predicted molar refractivity (Wildman–Crippen MR) is 75.8 cm³/mol. The molecule has 0 saturated heterocycles. The number of hydrogen-bond acceptors (Lipinski definition) is 3. The van der Waals surface area contributed by atoms with Crippen molar-refractivity contribution in [2.45, 2.75) is 20.8 Å². The molecule has 0 aromatic heterocycles. The largest absolute Gasteiger partial charge is 0.378 e. The first-order valence-corrected chi connectivity index (χ1v) is 6.10. The molecule has 0 heterocycles. The highest BCUT2D eigenvalue weighted by molar-refractivity contribution is 5.96.